The third-order valence-electron chi connectivity index (χ3n) is 1.89. The van der Waals surface area contributed by atoms with Crippen LogP contribution in [-0.4, -0.2) is 45.1 Å². The first-order valence-electron chi connectivity index (χ1n) is 4.27. The lowest BCUT2D eigenvalue weighted by Crippen LogP contribution is -2.40. The first-order valence-corrected chi connectivity index (χ1v) is 6.20. The smallest absolute Gasteiger partial charge is 0.322 e. The normalized spacial score (nSPS) is 16.7. The molecule has 1 saturated heterocycles. The molecule has 2 heterocycles. The van der Waals surface area contributed by atoms with Crippen LogP contribution in [0.2, 0.25) is 0 Å². The van der Waals surface area contributed by atoms with Gasteiger partial charge in [0.25, 0.3) is 0 Å². The molecule has 5 nitrogen and oxygen atoms in total. The van der Waals surface area contributed by atoms with E-state index >= 15 is 0 Å². The average Bonchev–Trinajstić information content (AvgIpc) is 2.72. The zero-order valence-electron chi connectivity index (χ0n) is 7.47. The van der Waals surface area contributed by atoms with E-state index in [-0.39, 0.29) is 6.03 Å². The molecule has 1 N–H and O–H groups in total. The van der Waals surface area contributed by atoms with Crippen molar-refractivity contribution in [3.8, 4) is 0 Å². The minimum absolute atomic E-state index is 0.0450. The molecular formula is C7H10N4OS2. The van der Waals surface area contributed by atoms with E-state index in [1.54, 1.807) is 6.20 Å². The lowest BCUT2D eigenvalue weighted by Gasteiger charge is -2.25. The number of nitrogens with one attached hydrogen (secondary N) is 1. The number of thioether (sulfide) groups is 1. The Hall–Kier alpha value is -0.820. The van der Waals surface area contributed by atoms with Crippen LogP contribution in [0, 0.1) is 0 Å². The van der Waals surface area contributed by atoms with E-state index in [2.05, 4.69) is 14.9 Å². The molecule has 0 aliphatic carbocycles. The fourth-order valence-electron chi connectivity index (χ4n) is 1.17. The number of amides is 2. The summed E-state index contributed by atoms with van der Waals surface area (Å²) in [7, 11) is 0. The van der Waals surface area contributed by atoms with Crippen LogP contribution in [0.15, 0.2) is 6.20 Å². The molecule has 0 saturated carbocycles. The van der Waals surface area contributed by atoms with Crippen molar-refractivity contribution in [1.29, 1.82) is 0 Å². The van der Waals surface area contributed by atoms with E-state index in [0.717, 1.165) is 24.6 Å². The third-order valence-corrected chi connectivity index (χ3v) is 3.41. The number of rotatable bonds is 1. The Morgan fingerprint density at radius 3 is 2.93 bits per heavy atom. The Bertz CT molecular complexity index is 297. The monoisotopic (exact) mass is 230 g/mol. The molecule has 0 spiro atoms. The highest BCUT2D eigenvalue weighted by atomic mass is 32.2. The summed E-state index contributed by atoms with van der Waals surface area (Å²) in [5.41, 5.74) is 0. The number of urea groups is 1. The molecule has 2 amide bonds. The number of anilines is 1. The van der Waals surface area contributed by atoms with Gasteiger partial charge >= 0.3 is 6.03 Å². The van der Waals surface area contributed by atoms with E-state index in [9.17, 15) is 4.79 Å². The molecule has 1 aliphatic heterocycles. The summed E-state index contributed by atoms with van der Waals surface area (Å²) in [5, 5.41) is 7.12. The summed E-state index contributed by atoms with van der Waals surface area (Å²) in [6.45, 7) is 1.64. The molecular weight excluding hydrogens is 220 g/mol. The number of hydrogen-bond donors (Lipinski definition) is 1. The van der Waals surface area contributed by atoms with Gasteiger partial charge in [0.1, 0.15) is 5.00 Å². The largest absolute Gasteiger partial charge is 0.323 e. The molecule has 7 heteroatoms. The van der Waals surface area contributed by atoms with Gasteiger partial charge in [-0.05, 0) is 0 Å². The van der Waals surface area contributed by atoms with Crippen LogP contribution in [-0.2, 0) is 0 Å². The molecule has 0 aromatic carbocycles. The highest BCUT2D eigenvalue weighted by Gasteiger charge is 2.16. The lowest BCUT2D eigenvalue weighted by molar-refractivity contribution is 0.217. The number of hydrogen-bond acceptors (Lipinski definition) is 5. The maximum absolute atomic E-state index is 11.6. The van der Waals surface area contributed by atoms with E-state index in [0.29, 0.717) is 5.00 Å². The first-order chi connectivity index (χ1) is 6.86. The van der Waals surface area contributed by atoms with Gasteiger partial charge in [0.15, 0.2) is 0 Å². The van der Waals surface area contributed by atoms with Crippen LogP contribution in [0.3, 0.4) is 0 Å². The molecule has 1 aromatic heterocycles. The van der Waals surface area contributed by atoms with Crippen LogP contribution in [0.5, 0.6) is 0 Å². The van der Waals surface area contributed by atoms with Crippen molar-refractivity contribution in [1.82, 2.24) is 14.5 Å². The summed E-state index contributed by atoms with van der Waals surface area (Å²) in [5.74, 6) is 2.04. The molecule has 2 rings (SSSR count). The Morgan fingerprint density at radius 2 is 2.29 bits per heavy atom. The number of carbonyl (C=O) groups is 1. The van der Waals surface area contributed by atoms with Gasteiger partial charge in [0.05, 0.1) is 6.20 Å². The van der Waals surface area contributed by atoms with Crippen molar-refractivity contribution in [2.45, 2.75) is 0 Å². The lowest BCUT2D eigenvalue weighted by atomic mass is 10.5. The van der Waals surface area contributed by atoms with Gasteiger partial charge in [-0.25, -0.2) is 4.79 Å². The Labute approximate surface area is 90.0 Å². The highest BCUT2D eigenvalue weighted by molar-refractivity contribution is 7.99. The van der Waals surface area contributed by atoms with Gasteiger partial charge < -0.3 is 4.90 Å². The van der Waals surface area contributed by atoms with Crippen LogP contribution in [0.1, 0.15) is 0 Å². The summed E-state index contributed by atoms with van der Waals surface area (Å²) >= 11 is 3.07. The van der Waals surface area contributed by atoms with Crippen molar-refractivity contribution < 1.29 is 4.79 Å². The number of carbonyl (C=O) groups excluding carboxylic acids is 1. The van der Waals surface area contributed by atoms with Crippen LogP contribution >= 0.6 is 23.3 Å². The molecule has 14 heavy (non-hydrogen) atoms. The molecule has 76 valence electrons. The van der Waals surface area contributed by atoms with Crippen molar-refractivity contribution in [2.24, 2.45) is 0 Å². The Kier molecular flexibility index (Phi) is 3.20. The molecule has 0 radical (unpaired) electrons. The van der Waals surface area contributed by atoms with Crippen molar-refractivity contribution in [3.63, 3.8) is 0 Å². The zero-order chi connectivity index (χ0) is 9.80. The predicted octanol–water partition coefficient (Wildman–Crippen LogP) is 1.12. The summed E-state index contributed by atoms with van der Waals surface area (Å²) in [4.78, 5) is 13.4. The van der Waals surface area contributed by atoms with E-state index in [1.807, 2.05) is 16.7 Å². The van der Waals surface area contributed by atoms with Gasteiger partial charge in [-0.2, -0.15) is 11.8 Å². The zero-order valence-corrected chi connectivity index (χ0v) is 9.11. The van der Waals surface area contributed by atoms with Crippen LogP contribution in [0.4, 0.5) is 9.80 Å². The first kappa shape index (κ1) is 9.72. The minimum atomic E-state index is -0.0450. The topological polar surface area (TPSA) is 58.1 Å². The van der Waals surface area contributed by atoms with Crippen molar-refractivity contribution in [3.05, 3.63) is 6.20 Å². The van der Waals surface area contributed by atoms with E-state index < -0.39 is 0 Å². The summed E-state index contributed by atoms with van der Waals surface area (Å²) in [6.07, 6.45) is 1.56. The van der Waals surface area contributed by atoms with Crippen LogP contribution < -0.4 is 5.32 Å². The molecule has 0 atom stereocenters. The highest BCUT2D eigenvalue weighted by Crippen LogP contribution is 2.13. The number of aromatic nitrogens is 2. The van der Waals surface area contributed by atoms with Gasteiger partial charge in [-0.1, -0.05) is 4.49 Å². The molecule has 0 unspecified atom stereocenters. The Morgan fingerprint density at radius 1 is 1.50 bits per heavy atom. The summed E-state index contributed by atoms with van der Waals surface area (Å²) in [6, 6.07) is -0.0450. The molecule has 0 bridgehead atoms. The number of nitrogens with zero attached hydrogens (tertiary/aromatic N) is 3. The van der Waals surface area contributed by atoms with E-state index in [1.165, 1.54) is 11.5 Å². The van der Waals surface area contributed by atoms with Gasteiger partial charge in [0, 0.05) is 36.1 Å². The second-order valence-corrected chi connectivity index (χ2v) is 4.82. The maximum atomic E-state index is 11.6. The average molecular weight is 230 g/mol. The molecule has 1 aromatic rings. The molecule has 1 fully saturated rings. The fourth-order valence-corrected chi connectivity index (χ4v) is 2.49. The standard InChI is InChI=1S/C7H10N4OS2/c12-7(9-6-5-8-10-14-6)11-1-3-13-4-2-11/h5H,1-4H2,(H,9,12). The second-order valence-electron chi connectivity index (χ2n) is 2.81. The SMILES string of the molecule is O=C(Nc1cnns1)N1CCSCC1. The predicted molar refractivity (Wildman–Crippen MR) is 57.8 cm³/mol. The molecule has 1 aliphatic rings. The van der Waals surface area contributed by atoms with E-state index in [4.69, 9.17) is 0 Å². The van der Waals surface area contributed by atoms with Gasteiger partial charge in [-0.15, -0.1) is 5.10 Å². The van der Waals surface area contributed by atoms with Crippen molar-refractivity contribution in [2.75, 3.05) is 29.9 Å². The van der Waals surface area contributed by atoms with Crippen molar-refractivity contribution >= 4 is 34.3 Å². The Balaban J connectivity index is 1.88. The summed E-state index contributed by atoms with van der Waals surface area (Å²) < 4.78 is 3.67. The third kappa shape index (κ3) is 2.36. The fraction of sp³-hybridized carbons (Fsp3) is 0.571. The minimum Gasteiger partial charge on any atom is -0.323 e. The quantitative estimate of drug-likeness (QED) is 0.785. The second kappa shape index (κ2) is 4.61. The van der Waals surface area contributed by atoms with Gasteiger partial charge in [0.2, 0.25) is 0 Å². The van der Waals surface area contributed by atoms with Crippen LogP contribution in [0.25, 0.3) is 0 Å². The van der Waals surface area contributed by atoms with Gasteiger partial charge in [-0.3, -0.25) is 5.32 Å². The maximum Gasteiger partial charge on any atom is 0.322 e.